The molecule has 0 heterocycles. The quantitative estimate of drug-likeness (QED) is 0.570. The lowest BCUT2D eigenvalue weighted by atomic mass is 10.0. The van der Waals surface area contributed by atoms with Crippen LogP contribution in [0, 0.1) is 6.92 Å². The van der Waals surface area contributed by atoms with Gasteiger partial charge in [-0.1, -0.05) is 62.4 Å². The van der Waals surface area contributed by atoms with E-state index in [1.54, 1.807) is 12.1 Å². The van der Waals surface area contributed by atoms with Gasteiger partial charge in [-0.15, -0.1) is 0 Å². The zero-order valence-electron chi connectivity index (χ0n) is 16.5. The molecule has 0 unspecified atom stereocenters. The number of aliphatic carboxylic acids is 1. The minimum Gasteiger partial charge on any atom is -0.489 e. The van der Waals surface area contributed by atoms with Crippen molar-refractivity contribution in [3.05, 3.63) is 83.9 Å². The Kier molecular flexibility index (Phi) is 8.10. The third-order valence-corrected chi connectivity index (χ3v) is 3.94. The molecule has 1 N–H and O–H groups in total. The molecule has 0 radical (unpaired) electrons. The third kappa shape index (κ3) is 6.16. The monoisotopic (exact) mass is 378 g/mol. The molecular weight excluding hydrogens is 352 g/mol. The van der Waals surface area contributed by atoms with Gasteiger partial charge in [-0.25, -0.2) is 4.79 Å². The summed E-state index contributed by atoms with van der Waals surface area (Å²) in [5.74, 6) is 0.268. The van der Waals surface area contributed by atoms with E-state index in [1.807, 2.05) is 57.2 Å². The third-order valence-electron chi connectivity index (χ3n) is 3.94. The molecule has 0 saturated heterocycles. The predicted molar refractivity (Wildman–Crippen MR) is 112 cm³/mol. The summed E-state index contributed by atoms with van der Waals surface area (Å²) in [5, 5.41) is 8.69. The average Bonchev–Trinajstić information content (AvgIpc) is 2.74. The van der Waals surface area contributed by atoms with Gasteiger partial charge < -0.3 is 14.6 Å². The second-order valence-electron chi connectivity index (χ2n) is 5.96. The number of rotatable bonds is 7. The highest BCUT2D eigenvalue weighted by Crippen LogP contribution is 2.25. The summed E-state index contributed by atoms with van der Waals surface area (Å²) in [7, 11) is 0. The van der Waals surface area contributed by atoms with Gasteiger partial charge in [0.2, 0.25) is 0 Å². The molecular formula is C24H26O4. The average molecular weight is 378 g/mol. The van der Waals surface area contributed by atoms with E-state index in [-0.39, 0.29) is 6.61 Å². The molecule has 3 aromatic rings. The Morgan fingerprint density at radius 1 is 0.857 bits per heavy atom. The maximum atomic E-state index is 10.6. The Balaban J connectivity index is 0.00000136. The zero-order valence-corrected chi connectivity index (χ0v) is 16.5. The van der Waals surface area contributed by atoms with Crippen LogP contribution < -0.4 is 9.47 Å². The summed E-state index contributed by atoms with van der Waals surface area (Å²) >= 11 is 0. The number of carboxylic acids is 1. The molecule has 0 aliphatic heterocycles. The van der Waals surface area contributed by atoms with E-state index >= 15 is 0 Å². The Morgan fingerprint density at radius 2 is 1.57 bits per heavy atom. The highest BCUT2D eigenvalue weighted by molar-refractivity contribution is 5.68. The van der Waals surface area contributed by atoms with Crippen molar-refractivity contribution in [2.75, 3.05) is 6.61 Å². The highest BCUT2D eigenvalue weighted by Gasteiger charge is 2.05. The van der Waals surface area contributed by atoms with Crippen molar-refractivity contribution in [1.82, 2.24) is 0 Å². The maximum Gasteiger partial charge on any atom is 0.341 e. The van der Waals surface area contributed by atoms with Crippen LogP contribution in [0.15, 0.2) is 72.8 Å². The lowest BCUT2D eigenvalue weighted by Gasteiger charge is -2.11. The van der Waals surface area contributed by atoms with Crippen molar-refractivity contribution in [3.8, 4) is 22.6 Å². The van der Waals surface area contributed by atoms with Crippen molar-refractivity contribution in [3.63, 3.8) is 0 Å². The Hall–Kier alpha value is -3.27. The fourth-order valence-electron chi connectivity index (χ4n) is 2.65. The van der Waals surface area contributed by atoms with Gasteiger partial charge in [-0.2, -0.15) is 0 Å². The highest BCUT2D eigenvalue weighted by atomic mass is 16.5. The molecule has 0 aromatic heterocycles. The van der Waals surface area contributed by atoms with E-state index in [2.05, 4.69) is 24.3 Å². The van der Waals surface area contributed by atoms with E-state index in [4.69, 9.17) is 14.6 Å². The van der Waals surface area contributed by atoms with E-state index in [9.17, 15) is 4.79 Å². The number of benzene rings is 3. The van der Waals surface area contributed by atoms with Crippen LogP contribution in [0.2, 0.25) is 0 Å². The molecule has 0 aliphatic carbocycles. The molecule has 0 fully saturated rings. The molecule has 3 aromatic carbocycles. The van der Waals surface area contributed by atoms with Crippen LogP contribution >= 0.6 is 0 Å². The molecule has 3 rings (SSSR count). The Labute approximate surface area is 166 Å². The number of hydrogen-bond acceptors (Lipinski definition) is 3. The van der Waals surface area contributed by atoms with Gasteiger partial charge in [0.05, 0.1) is 0 Å². The first kappa shape index (κ1) is 21.0. The van der Waals surface area contributed by atoms with Gasteiger partial charge in [0.1, 0.15) is 18.1 Å². The molecule has 28 heavy (non-hydrogen) atoms. The van der Waals surface area contributed by atoms with Crippen LogP contribution in [0.25, 0.3) is 11.1 Å². The summed E-state index contributed by atoms with van der Waals surface area (Å²) in [5.41, 5.74) is 4.24. The van der Waals surface area contributed by atoms with Crippen LogP contribution in [-0.4, -0.2) is 17.7 Å². The summed E-state index contributed by atoms with van der Waals surface area (Å²) in [6, 6.07) is 23.8. The van der Waals surface area contributed by atoms with E-state index in [1.165, 1.54) is 5.56 Å². The molecule has 0 bridgehead atoms. The van der Waals surface area contributed by atoms with Crippen LogP contribution in [0.4, 0.5) is 0 Å². The molecule has 0 atom stereocenters. The van der Waals surface area contributed by atoms with Crippen molar-refractivity contribution in [2.45, 2.75) is 27.4 Å². The molecule has 4 heteroatoms. The fourth-order valence-corrected chi connectivity index (χ4v) is 2.65. The minimum absolute atomic E-state index is 0.354. The van der Waals surface area contributed by atoms with Gasteiger partial charge in [-0.05, 0) is 53.4 Å². The van der Waals surface area contributed by atoms with Gasteiger partial charge >= 0.3 is 5.97 Å². The molecule has 146 valence electrons. The van der Waals surface area contributed by atoms with Crippen LogP contribution in [0.3, 0.4) is 0 Å². The Morgan fingerprint density at radius 3 is 2.25 bits per heavy atom. The standard InChI is InChI=1S/C22H20O4.C2H6/c1-16-12-20(10-11-21(16)26-15-22(23)24)25-14-17-6-5-9-19(13-17)18-7-3-2-4-8-18;1-2/h2-13H,14-15H2,1H3,(H,23,24);1-2H3. The SMILES string of the molecule is CC.Cc1cc(OCc2cccc(-c3ccccc3)c2)ccc1OCC(=O)O. The summed E-state index contributed by atoms with van der Waals surface area (Å²) in [4.78, 5) is 10.6. The lowest BCUT2D eigenvalue weighted by Crippen LogP contribution is -2.10. The second kappa shape index (κ2) is 10.8. The van der Waals surface area contributed by atoms with Crippen LogP contribution in [-0.2, 0) is 11.4 Å². The van der Waals surface area contributed by atoms with E-state index in [0.717, 1.165) is 22.4 Å². The summed E-state index contributed by atoms with van der Waals surface area (Å²) < 4.78 is 11.1. The molecule has 0 spiro atoms. The van der Waals surface area contributed by atoms with Crippen molar-refractivity contribution >= 4 is 5.97 Å². The molecule has 0 aliphatic rings. The first-order valence-electron chi connectivity index (χ1n) is 9.34. The molecule has 0 amide bonds. The normalized spacial score (nSPS) is 9.82. The van der Waals surface area contributed by atoms with Gasteiger partial charge in [0.15, 0.2) is 6.61 Å². The minimum atomic E-state index is -0.997. The zero-order chi connectivity index (χ0) is 20.4. The van der Waals surface area contributed by atoms with E-state index in [0.29, 0.717) is 12.4 Å². The van der Waals surface area contributed by atoms with Crippen LogP contribution in [0.1, 0.15) is 25.0 Å². The topological polar surface area (TPSA) is 55.8 Å². The van der Waals surface area contributed by atoms with Gasteiger partial charge in [0.25, 0.3) is 0 Å². The molecule has 4 nitrogen and oxygen atoms in total. The van der Waals surface area contributed by atoms with Crippen LogP contribution in [0.5, 0.6) is 11.5 Å². The number of ether oxygens (including phenoxy) is 2. The second-order valence-corrected chi connectivity index (χ2v) is 5.96. The number of aryl methyl sites for hydroxylation is 1. The number of hydrogen-bond donors (Lipinski definition) is 1. The first-order valence-corrected chi connectivity index (χ1v) is 9.34. The largest absolute Gasteiger partial charge is 0.489 e. The predicted octanol–water partition coefficient (Wildman–Crippen LogP) is 5.73. The molecule has 0 saturated carbocycles. The summed E-state index contributed by atoms with van der Waals surface area (Å²) in [6.07, 6.45) is 0. The number of carboxylic acid groups (broad SMARTS) is 1. The lowest BCUT2D eigenvalue weighted by molar-refractivity contribution is -0.139. The van der Waals surface area contributed by atoms with Gasteiger partial charge in [-0.3, -0.25) is 0 Å². The fraction of sp³-hybridized carbons (Fsp3) is 0.208. The van der Waals surface area contributed by atoms with E-state index < -0.39 is 5.97 Å². The van der Waals surface area contributed by atoms with Crippen molar-refractivity contribution < 1.29 is 19.4 Å². The maximum absolute atomic E-state index is 10.6. The van der Waals surface area contributed by atoms with Crippen molar-refractivity contribution in [2.24, 2.45) is 0 Å². The smallest absolute Gasteiger partial charge is 0.341 e. The van der Waals surface area contributed by atoms with Gasteiger partial charge in [0, 0.05) is 0 Å². The summed E-state index contributed by atoms with van der Waals surface area (Å²) in [6.45, 7) is 5.96. The Bertz CT molecular complexity index is 888. The number of carbonyl (C=O) groups is 1. The van der Waals surface area contributed by atoms with Crippen molar-refractivity contribution in [1.29, 1.82) is 0 Å². The first-order chi connectivity index (χ1) is 13.6.